The van der Waals surface area contributed by atoms with Gasteiger partial charge in [-0.05, 0) is 42.2 Å². The number of aliphatic hydroxyl groups excluding tert-OH is 1. The third-order valence-electron chi connectivity index (χ3n) is 4.57. The van der Waals surface area contributed by atoms with E-state index in [1.807, 2.05) is 36.5 Å². The maximum Gasteiger partial charge on any atom is 0.119 e. The molecule has 1 heterocycles. The molecule has 0 aliphatic rings. The molecule has 0 unspecified atom stereocenters. The number of nitrogens with zero attached hydrogens (tertiary/aromatic N) is 1. The second-order valence-electron chi connectivity index (χ2n) is 6.69. The lowest BCUT2D eigenvalue weighted by atomic mass is 10.0. The quantitative estimate of drug-likeness (QED) is 0.510. The molecule has 0 aliphatic carbocycles. The van der Waals surface area contributed by atoms with Crippen LogP contribution in [-0.4, -0.2) is 23.3 Å². The summed E-state index contributed by atoms with van der Waals surface area (Å²) in [6.07, 6.45) is 6.16. The third-order valence-corrected chi connectivity index (χ3v) is 4.57. The summed E-state index contributed by atoms with van der Waals surface area (Å²) in [5.41, 5.74) is 5.65. The second-order valence-corrected chi connectivity index (χ2v) is 6.69. The van der Waals surface area contributed by atoms with Crippen LogP contribution >= 0.6 is 0 Å². The van der Waals surface area contributed by atoms with E-state index in [-0.39, 0.29) is 6.61 Å². The molecule has 0 bridgehead atoms. The zero-order valence-electron chi connectivity index (χ0n) is 15.9. The lowest BCUT2D eigenvalue weighted by molar-refractivity contribution is 0.233. The number of aryl methyl sites for hydroxylation is 1. The number of aromatic nitrogens is 1. The van der Waals surface area contributed by atoms with Crippen molar-refractivity contribution in [3.05, 3.63) is 72.4 Å². The molecule has 0 spiro atoms. The zero-order chi connectivity index (χ0) is 18.9. The lowest BCUT2D eigenvalue weighted by Gasteiger charge is -2.08. The molecular formula is C24H27NO2. The number of hydrogen-bond acceptors (Lipinski definition) is 3. The van der Waals surface area contributed by atoms with Gasteiger partial charge in [-0.2, -0.15) is 0 Å². The number of unbranched alkanes of at least 4 members (excludes halogenated alkanes) is 1. The number of benzene rings is 2. The van der Waals surface area contributed by atoms with Crippen LogP contribution in [0.3, 0.4) is 0 Å². The van der Waals surface area contributed by atoms with Crippen LogP contribution in [0.4, 0.5) is 0 Å². The van der Waals surface area contributed by atoms with Crippen molar-refractivity contribution in [3.8, 4) is 28.1 Å². The Morgan fingerprint density at radius 3 is 2.41 bits per heavy atom. The van der Waals surface area contributed by atoms with Gasteiger partial charge in [0.05, 0.1) is 12.3 Å². The molecule has 0 atom stereocenters. The van der Waals surface area contributed by atoms with Gasteiger partial charge in [0.15, 0.2) is 0 Å². The lowest BCUT2D eigenvalue weighted by Crippen LogP contribution is -1.99. The van der Waals surface area contributed by atoms with Gasteiger partial charge in [0, 0.05) is 30.4 Å². The molecule has 1 N–H and O–H groups in total. The molecular weight excluding hydrogens is 334 g/mol. The molecule has 0 amide bonds. The molecule has 140 valence electrons. The molecule has 3 rings (SSSR count). The van der Waals surface area contributed by atoms with Crippen LogP contribution in [0, 0.1) is 0 Å². The molecule has 1 aromatic heterocycles. The predicted molar refractivity (Wildman–Crippen MR) is 111 cm³/mol. The Balaban J connectivity index is 1.70. The van der Waals surface area contributed by atoms with E-state index >= 15 is 0 Å². The number of aliphatic hydroxyl groups is 1. The van der Waals surface area contributed by atoms with Crippen LogP contribution in [0.15, 0.2) is 66.9 Å². The minimum Gasteiger partial charge on any atom is -0.493 e. The van der Waals surface area contributed by atoms with E-state index in [2.05, 4.69) is 42.2 Å². The fraction of sp³-hybridized carbons (Fsp3) is 0.292. The number of ether oxygens (including phenoxy) is 1. The van der Waals surface area contributed by atoms with Gasteiger partial charge in [-0.25, -0.2) is 0 Å². The van der Waals surface area contributed by atoms with Crippen molar-refractivity contribution in [2.75, 3.05) is 13.2 Å². The molecule has 3 heteroatoms. The Morgan fingerprint density at radius 1 is 0.889 bits per heavy atom. The first-order valence-corrected chi connectivity index (χ1v) is 9.69. The largest absolute Gasteiger partial charge is 0.493 e. The van der Waals surface area contributed by atoms with Gasteiger partial charge in [-0.15, -0.1) is 0 Å². The highest BCUT2D eigenvalue weighted by Crippen LogP contribution is 2.25. The van der Waals surface area contributed by atoms with E-state index in [9.17, 15) is 0 Å². The normalized spacial score (nSPS) is 10.7. The summed E-state index contributed by atoms with van der Waals surface area (Å²) in [5, 5.41) is 8.86. The highest BCUT2D eigenvalue weighted by Gasteiger charge is 2.04. The van der Waals surface area contributed by atoms with E-state index < -0.39 is 0 Å². The van der Waals surface area contributed by atoms with Crippen molar-refractivity contribution in [2.24, 2.45) is 0 Å². The molecule has 0 fully saturated rings. The number of hydrogen-bond donors (Lipinski definition) is 1. The highest BCUT2D eigenvalue weighted by molar-refractivity contribution is 5.67. The molecule has 0 saturated carbocycles. The fourth-order valence-corrected chi connectivity index (χ4v) is 2.98. The van der Waals surface area contributed by atoms with E-state index in [4.69, 9.17) is 9.84 Å². The number of pyridine rings is 1. The summed E-state index contributed by atoms with van der Waals surface area (Å²) in [4.78, 5) is 4.64. The fourth-order valence-electron chi connectivity index (χ4n) is 2.98. The van der Waals surface area contributed by atoms with Crippen molar-refractivity contribution in [1.29, 1.82) is 0 Å². The molecule has 3 nitrogen and oxygen atoms in total. The van der Waals surface area contributed by atoms with Gasteiger partial charge in [-0.1, -0.05) is 55.8 Å². The van der Waals surface area contributed by atoms with Crippen LogP contribution in [0.5, 0.6) is 5.75 Å². The Bertz CT molecular complexity index is 826. The summed E-state index contributed by atoms with van der Waals surface area (Å²) in [5.74, 6) is 0.800. The minimum atomic E-state index is 0.141. The van der Waals surface area contributed by atoms with Gasteiger partial charge in [0.25, 0.3) is 0 Å². The predicted octanol–water partition coefficient (Wildman–Crippen LogP) is 5.52. The standard InChI is InChI=1S/C24H27NO2/c1-2-3-6-19-9-11-20(12-10-19)22-13-14-24(25-18-22)21-7-4-8-23(17-21)27-16-5-15-26/h4,7-14,17-18,26H,2-3,5-6,15-16H2,1H3. The van der Waals surface area contributed by atoms with Crippen LogP contribution in [0.2, 0.25) is 0 Å². The summed E-state index contributed by atoms with van der Waals surface area (Å²) in [6.45, 7) is 2.88. The summed E-state index contributed by atoms with van der Waals surface area (Å²) in [7, 11) is 0. The number of rotatable bonds is 9. The van der Waals surface area contributed by atoms with Crippen LogP contribution in [-0.2, 0) is 6.42 Å². The summed E-state index contributed by atoms with van der Waals surface area (Å²) < 4.78 is 5.65. The Kier molecular flexibility index (Phi) is 7.00. The van der Waals surface area contributed by atoms with Crippen molar-refractivity contribution in [1.82, 2.24) is 4.98 Å². The zero-order valence-corrected chi connectivity index (χ0v) is 15.9. The SMILES string of the molecule is CCCCc1ccc(-c2ccc(-c3cccc(OCCCO)c3)nc2)cc1. The molecule has 0 radical (unpaired) electrons. The monoisotopic (exact) mass is 361 g/mol. The highest BCUT2D eigenvalue weighted by atomic mass is 16.5. The smallest absolute Gasteiger partial charge is 0.119 e. The van der Waals surface area contributed by atoms with Gasteiger partial charge in [0.2, 0.25) is 0 Å². The molecule has 3 aromatic rings. The van der Waals surface area contributed by atoms with Crippen LogP contribution < -0.4 is 4.74 Å². The first kappa shape index (κ1) is 19.1. The van der Waals surface area contributed by atoms with Gasteiger partial charge >= 0.3 is 0 Å². The third kappa shape index (κ3) is 5.41. The molecule has 2 aromatic carbocycles. The molecule has 0 aliphatic heterocycles. The van der Waals surface area contributed by atoms with Crippen molar-refractivity contribution < 1.29 is 9.84 Å². The van der Waals surface area contributed by atoms with E-state index in [0.29, 0.717) is 13.0 Å². The first-order chi connectivity index (χ1) is 13.3. The Labute approximate surface area is 161 Å². The van der Waals surface area contributed by atoms with Crippen LogP contribution in [0.25, 0.3) is 22.4 Å². The maximum atomic E-state index is 8.86. The van der Waals surface area contributed by atoms with Gasteiger partial charge < -0.3 is 9.84 Å². The van der Waals surface area contributed by atoms with Crippen molar-refractivity contribution in [2.45, 2.75) is 32.6 Å². The second kappa shape index (κ2) is 9.89. The maximum absolute atomic E-state index is 8.86. The van der Waals surface area contributed by atoms with Crippen LogP contribution in [0.1, 0.15) is 31.7 Å². The molecule has 0 saturated heterocycles. The van der Waals surface area contributed by atoms with Crippen molar-refractivity contribution in [3.63, 3.8) is 0 Å². The van der Waals surface area contributed by atoms with Gasteiger partial charge in [0.1, 0.15) is 5.75 Å². The average Bonchev–Trinajstić information content (AvgIpc) is 2.73. The minimum absolute atomic E-state index is 0.141. The topological polar surface area (TPSA) is 42.4 Å². The van der Waals surface area contributed by atoms with E-state index in [0.717, 1.165) is 29.0 Å². The molecule has 27 heavy (non-hydrogen) atoms. The van der Waals surface area contributed by atoms with E-state index in [1.54, 1.807) is 0 Å². The Morgan fingerprint density at radius 2 is 1.70 bits per heavy atom. The first-order valence-electron chi connectivity index (χ1n) is 9.69. The summed E-state index contributed by atoms with van der Waals surface area (Å²) >= 11 is 0. The van der Waals surface area contributed by atoms with E-state index in [1.165, 1.54) is 24.0 Å². The van der Waals surface area contributed by atoms with Crippen molar-refractivity contribution >= 4 is 0 Å². The Hall–Kier alpha value is -2.65. The average molecular weight is 361 g/mol. The van der Waals surface area contributed by atoms with Gasteiger partial charge in [-0.3, -0.25) is 4.98 Å². The summed E-state index contributed by atoms with van der Waals surface area (Å²) in [6, 6.07) is 20.9.